The first kappa shape index (κ1) is 31.9. The molecule has 248 valence electrons. The summed E-state index contributed by atoms with van der Waals surface area (Å²) in [6, 6.07) is 36.2. The molecule has 4 atom stereocenters. The molecule has 0 spiro atoms. The molecule has 0 heterocycles. The molecule has 3 N–H and O–H groups in total. The van der Waals surface area contributed by atoms with Crippen LogP contribution in [0.5, 0.6) is 0 Å². The number of hydrogen-bond acceptors (Lipinski definition) is 5. The van der Waals surface area contributed by atoms with Gasteiger partial charge in [0.25, 0.3) is 0 Å². The number of fused-ring (bicyclic) bond motifs is 2. The molecular weight excluding hydrogens is 608 g/mol. The summed E-state index contributed by atoms with van der Waals surface area (Å²) < 4.78 is 12.0. The molecule has 8 aromatic rings. The van der Waals surface area contributed by atoms with Crippen molar-refractivity contribution in [3.63, 3.8) is 0 Å². The van der Waals surface area contributed by atoms with Crippen LogP contribution >= 0.6 is 0 Å². The maximum absolute atomic E-state index is 10.7. The van der Waals surface area contributed by atoms with Crippen LogP contribution in [0.25, 0.3) is 64.6 Å². The first-order valence-electron chi connectivity index (χ1n) is 17.2. The SMILES string of the molecule is CC(C)(C)OCc1ccc2ccc3cccc4ccc1c2c34.CC(C)O[C@H]1c2c(cc3ccc4cccc5ccc2c3c45)[C@@H](O)C(O)[C@H]1O. The summed E-state index contributed by atoms with van der Waals surface area (Å²) in [6.07, 6.45) is -4.44. The number of hydrogen-bond donors (Lipinski definition) is 3. The summed E-state index contributed by atoms with van der Waals surface area (Å²) in [5, 5.41) is 46.3. The maximum atomic E-state index is 10.7. The Balaban J connectivity index is 0.000000145. The predicted molar refractivity (Wildman–Crippen MR) is 201 cm³/mol. The lowest BCUT2D eigenvalue weighted by atomic mass is 9.78. The Bertz CT molecular complexity index is 2420. The second-order valence-corrected chi connectivity index (χ2v) is 14.7. The molecule has 0 amide bonds. The van der Waals surface area contributed by atoms with Crippen LogP contribution in [0.1, 0.15) is 63.5 Å². The van der Waals surface area contributed by atoms with Gasteiger partial charge in [-0.25, -0.2) is 0 Å². The lowest BCUT2D eigenvalue weighted by Crippen LogP contribution is -2.43. The minimum atomic E-state index is -1.28. The van der Waals surface area contributed by atoms with Crippen LogP contribution in [0.3, 0.4) is 0 Å². The van der Waals surface area contributed by atoms with E-state index in [0.29, 0.717) is 12.2 Å². The zero-order chi connectivity index (χ0) is 34.2. The zero-order valence-electron chi connectivity index (χ0n) is 28.6. The summed E-state index contributed by atoms with van der Waals surface area (Å²) >= 11 is 0. The van der Waals surface area contributed by atoms with E-state index < -0.39 is 24.4 Å². The van der Waals surface area contributed by atoms with Crippen molar-refractivity contribution in [1.29, 1.82) is 0 Å². The fourth-order valence-electron chi connectivity index (χ4n) is 7.80. The van der Waals surface area contributed by atoms with Gasteiger partial charge in [0, 0.05) is 0 Å². The van der Waals surface area contributed by atoms with Crippen molar-refractivity contribution in [2.75, 3.05) is 0 Å². The summed E-state index contributed by atoms with van der Waals surface area (Å²) in [6.45, 7) is 10.8. The predicted octanol–water partition coefficient (Wildman–Crippen LogP) is 9.72. The Morgan fingerprint density at radius 3 is 1.65 bits per heavy atom. The fraction of sp³-hybridized carbons (Fsp3) is 0.273. The average Bonchev–Trinajstić information content (AvgIpc) is 3.09. The minimum absolute atomic E-state index is 0.121. The molecule has 5 nitrogen and oxygen atoms in total. The third kappa shape index (κ3) is 5.38. The van der Waals surface area contributed by atoms with E-state index in [1.165, 1.54) is 43.3 Å². The van der Waals surface area contributed by atoms with Gasteiger partial charge in [0.2, 0.25) is 0 Å². The summed E-state index contributed by atoms with van der Waals surface area (Å²) in [5.74, 6) is 0. The molecule has 0 bridgehead atoms. The van der Waals surface area contributed by atoms with E-state index in [2.05, 4.69) is 99.6 Å². The van der Waals surface area contributed by atoms with Gasteiger partial charge < -0.3 is 24.8 Å². The van der Waals surface area contributed by atoms with E-state index in [0.717, 1.165) is 32.5 Å². The van der Waals surface area contributed by atoms with E-state index >= 15 is 0 Å². The molecular formula is C44H42O5. The third-order valence-corrected chi connectivity index (χ3v) is 10.0. The van der Waals surface area contributed by atoms with Crippen LogP contribution in [-0.4, -0.2) is 39.2 Å². The summed E-state index contributed by atoms with van der Waals surface area (Å²) in [5.41, 5.74) is 2.55. The highest BCUT2D eigenvalue weighted by Crippen LogP contribution is 2.47. The van der Waals surface area contributed by atoms with Crippen LogP contribution in [0.2, 0.25) is 0 Å². The van der Waals surface area contributed by atoms with Crippen LogP contribution in [0.4, 0.5) is 0 Å². The normalized spacial score (nSPS) is 19.9. The number of rotatable bonds is 4. The van der Waals surface area contributed by atoms with Crippen molar-refractivity contribution >= 4 is 64.6 Å². The quantitative estimate of drug-likeness (QED) is 0.165. The minimum Gasteiger partial charge on any atom is -0.387 e. The molecule has 1 aliphatic carbocycles. The number of aliphatic hydroxyl groups excluding tert-OH is 3. The van der Waals surface area contributed by atoms with Gasteiger partial charge in [0.05, 0.1) is 18.3 Å². The van der Waals surface area contributed by atoms with E-state index in [-0.39, 0.29) is 11.7 Å². The average molecular weight is 651 g/mol. The maximum Gasteiger partial charge on any atom is 0.113 e. The lowest BCUT2D eigenvalue weighted by molar-refractivity contribution is -0.149. The van der Waals surface area contributed by atoms with Crippen molar-refractivity contribution in [3.8, 4) is 0 Å². The largest absolute Gasteiger partial charge is 0.387 e. The van der Waals surface area contributed by atoms with Gasteiger partial charge in [-0.15, -0.1) is 0 Å². The third-order valence-electron chi connectivity index (χ3n) is 10.0. The summed E-state index contributed by atoms with van der Waals surface area (Å²) in [7, 11) is 0. The molecule has 0 aliphatic heterocycles. The van der Waals surface area contributed by atoms with Gasteiger partial charge in [-0.05, 0) is 122 Å². The number of ether oxygens (including phenoxy) is 2. The summed E-state index contributed by atoms with van der Waals surface area (Å²) in [4.78, 5) is 0. The van der Waals surface area contributed by atoms with Crippen LogP contribution in [0, 0.1) is 0 Å². The van der Waals surface area contributed by atoms with Crippen molar-refractivity contribution in [3.05, 3.63) is 120 Å². The van der Waals surface area contributed by atoms with Crippen LogP contribution in [0.15, 0.2) is 103 Å². The molecule has 9 rings (SSSR count). The molecule has 5 heteroatoms. The molecule has 0 saturated carbocycles. The lowest BCUT2D eigenvalue weighted by Gasteiger charge is -2.39. The van der Waals surface area contributed by atoms with E-state index in [4.69, 9.17) is 9.47 Å². The topological polar surface area (TPSA) is 79.2 Å². The van der Waals surface area contributed by atoms with E-state index in [1.807, 2.05) is 38.1 Å². The first-order valence-corrected chi connectivity index (χ1v) is 17.2. The van der Waals surface area contributed by atoms with Crippen LogP contribution < -0.4 is 0 Å². The molecule has 0 saturated heterocycles. The van der Waals surface area contributed by atoms with Gasteiger partial charge in [-0.1, -0.05) is 97.1 Å². The Morgan fingerprint density at radius 1 is 0.592 bits per heavy atom. The molecule has 0 radical (unpaired) electrons. The van der Waals surface area contributed by atoms with Gasteiger partial charge in [0.1, 0.15) is 24.4 Å². The highest BCUT2D eigenvalue weighted by molar-refractivity contribution is 6.24. The Morgan fingerprint density at radius 2 is 1.08 bits per heavy atom. The Kier molecular flexibility index (Phi) is 7.75. The number of benzene rings is 8. The molecule has 1 unspecified atom stereocenters. The molecule has 1 aliphatic rings. The van der Waals surface area contributed by atoms with Crippen LogP contribution in [-0.2, 0) is 16.1 Å². The second kappa shape index (κ2) is 11.9. The van der Waals surface area contributed by atoms with Crippen molar-refractivity contribution in [2.24, 2.45) is 0 Å². The van der Waals surface area contributed by atoms with Crippen molar-refractivity contribution in [2.45, 2.75) is 77.3 Å². The monoisotopic (exact) mass is 650 g/mol. The smallest absolute Gasteiger partial charge is 0.113 e. The zero-order valence-corrected chi connectivity index (χ0v) is 28.6. The highest BCUT2D eigenvalue weighted by Gasteiger charge is 2.43. The number of aliphatic hydroxyl groups is 3. The Hall–Kier alpha value is -4.36. The van der Waals surface area contributed by atoms with Gasteiger partial charge >= 0.3 is 0 Å². The first-order chi connectivity index (χ1) is 23.5. The molecule has 8 aromatic carbocycles. The van der Waals surface area contributed by atoms with Crippen molar-refractivity contribution in [1.82, 2.24) is 0 Å². The van der Waals surface area contributed by atoms with Gasteiger partial charge in [-0.3, -0.25) is 0 Å². The molecule has 49 heavy (non-hydrogen) atoms. The van der Waals surface area contributed by atoms with E-state index in [9.17, 15) is 15.3 Å². The van der Waals surface area contributed by atoms with Gasteiger partial charge in [0.15, 0.2) is 0 Å². The highest BCUT2D eigenvalue weighted by atomic mass is 16.5. The van der Waals surface area contributed by atoms with Gasteiger partial charge in [-0.2, -0.15) is 0 Å². The Labute approximate surface area is 286 Å². The molecule has 0 fully saturated rings. The second-order valence-electron chi connectivity index (χ2n) is 14.7. The standard InChI is InChI=1S/C23H22O4.C21H20O/c1-11(2)27-23-19-15-9-8-13-5-3-4-12-6-7-14(18(15)17(12)13)10-16(19)20(24)21(25)22(23)26;1-21(2,3)22-13-17-10-9-16-8-7-14-5-4-6-15-11-12-18(17)20(16)19(14)15/h3-11,20-26H,1-2H3;4-12H,13H2,1-3H3/t20-,21?,22-,23+;/m1./s1. The van der Waals surface area contributed by atoms with E-state index in [1.54, 1.807) is 0 Å². The fourth-order valence-corrected chi connectivity index (χ4v) is 7.80. The molecule has 0 aromatic heterocycles. The van der Waals surface area contributed by atoms with Crippen molar-refractivity contribution < 1.29 is 24.8 Å².